The molecule has 0 aliphatic carbocycles. The molecule has 0 spiro atoms. The van der Waals surface area contributed by atoms with Crippen LogP contribution in [0.5, 0.6) is 0 Å². The zero-order valence-corrected chi connectivity index (χ0v) is 30.9. The highest BCUT2D eigenvalue weighted by Gasteiger charge is 2.25. The summed E-state index contributed by atoms with van der Waals surface area (Å²) >= 11 is 1.84. The maximum atomic E-state index is 2.38. The van der Waals surface area contributed by atoms with Crippen molar-refractivity contribution in [1.29, 1.82) is 0 Å². The van der Waals surface area contributed by atoms with Crippen molar-refractivity contribution >= 4 is 56.7 Å². The Labute approximate surface area is 326 Å². The van der Waals surface area contributed by atoms with E-state index in [1.54, 1.807) is 0 Å². The van der Waals surface area contributed by atoms with E-state index in [2.05, 4.69) is 228 Å². The van der Waals surface area contributed by atoms with Crippen molar-refractivity contribution in [2.45, 2.75) is 9.79 Å². The first-order valence-electron chi connectivity index (χ1n) is 18.7. The predicted molar refractivity (Wildman–Crippen MR) is 234 cm³/mol. The lowest BCUT2D eigenvalue weighted by atomic mass is 9.99. The topological polar surface area (TPSA) is 6.48 Å². The normalized spacial score (nSPS) is 11.9. The van der Waals surface area contributed by atoms with E-state index in [0.717, 1.165) is 22.7 Å². The van der Waals surface area contributed by atoms with Gasteiger partial charge in [0, 0.05) is 32.2 Å². The smallest absolute Gasteiger partial charge is 0.0602 e. The molecular formula is C52H36N2S. The molecule has 0 aromatic heterocycles. The van der Waals surface area contributed by atoms with Crippen LogP contribution in [-0.4, -0.2) is 0 Å². The largest absolute Gasteiger partial charge is 0.310 e. The van der Waals surface area contributed by atoms with Crippen LogP contribution in [0, 0.1) is 0 Å². The van der Waals surface area contributed by atoms with Crippen LogP contribution in [0.4, 0.5) is 34.1 Å². The third kappa shape index (κ3) is 6.25. The van der Waals surface area contributed by atoms with Gasteiger partial charge in [-0.15, -0.1) is 0 Å². The average Bonchev–Trinajstić information content (AvgIpc) is 3.27. The van der Waals surface area contributed by atoms with E-state index < -0.39 is 0 Å². The highest BCUT2D eigenvalue weighted by atomic mass is 32.2. The van der Waals surface area contributed by atoms with Gasteiger partial charge in [0.1, 0.15) is 0 Å². The zero-order valence-electron chi connectivity index (χ0n) is 30.1. The lowest BCUT2D eigenvalue weighted by Gasteiger charge is -2.33. The summed E-state index contributed by atoms with van der Waals surface area (Å²) in [6.07, 6.45) is 0. The predicted octanol–water partition coefficient (Wildman–Crippen LogP) is 15.2. The average molecular weight is 721 g/mol. The van der Waals surface area contributed by atoms with Crippen molar-refractivity contribution in [1.82, 2.24) is 0 Å². The number of hydrogen-bond donors (Lipinski definition) is 0. The fourth-order valence-electron chi connectivity index (χ4n) is 7.71. The molecule has 0 N–H and O–H groups in total. The van der Waals surface area contributed by atoms with Crippen LogP contribution in [0.3, 0.4) is 0 Å². The van der Waals surface area contributed by atoms with Crippen LogP contribution < -0.4 is 9.80 Å². The molecule has 0 bridgehead atoms. The van der Waals surface area contributed by atoms with E-state index in [1.807, 2.05) is 11.8 Å². The molecular weight excluding hydrogens is 685 g/mol. The Hall–Kier alpha value is -6.81. The standard InChI is InChI=1S/C52H36N2S/c1-3-12-37(13-4-1)38-22-24-39(25-23-38)40-26-31-45(32-27-40)53(48-20-11-15-42-14-7-8-18-47(42)48)46-33-28-41(29-34-46)43-30-35-50-52(36-43)55-51-21-10-9-19-49(51)54(50)44-16-5-2-6-17-44/h1-36H. The van der Waals surface area contributed by atoms with E-state index in [0.29, 0.717) is 0 Å². The number of anilines is 6. The zero-order chi connectivity index (χ0) is 36.6. The molecule has 0 saturated carbocycles. The monoisotopic (exact) mass is 720 g/mol. The Kier molecular flexibility index (Phi) is 8.47. The van der Waals surface area contributed by atoms with Crippen LogP contribution in [0.1, 0.15) is 0 Å². The molecule has 1 aliphatic rings. The van der Waals surface area contributed by atoms with Crippen molar-refractivity contribution in [3.63, 3.8) is 0 Å². The van der Waals surface area contributed by atoms with Gasteiger partial charge in [-0.05, 0) is 105 Å². The van der Waals surface area contributed by atoms with Gasteiger partial charge in [-0.2, -0.15) is 0 Å². The summed E-state index contributed by atoms with van der Waals surface area (Å²) in [7, 11) is 0. The second-order valence-electron chi connectivity index (χ2n) is 13.8. The number of rotatable bonds is 7. The van der Waals surface area contributed by atoms with Crippen molar-refractivity contribution < 1.29 is 0 Å². The second-order valence-corrected chi connectivity index (χ2v) is 14.9. The van der Waals surface area contributed by atoms with E-state index >= 15 is 0 Å². The molecule has 0 fully saturated rings. The lowest BCUT2D eigenvalue weighted by Crippen LogP contribution is -2.14. The molecule has 0 atom stereocenters. The maximum Gasteiger partial charge on any atom is 0.0602 e. The number of hydrogen-bond acceptors (Lipinski definition) is 3. The molecule has 0 radical (unpaired) electrons. The Balaban J connectivity index is 0.999. The van der Waals surface area contributed by atoms with Crippen LogP contribution in [0.25, 0.3) is 44.2 Å². The Morgan fingerprint density at radius 1 is 0.345 bits per heavy atom. The van der Waals surface area contributed by atoms with Gasteiger partial charge in [0.05, 0.1) is 17.1 Å². The molecule has 0 amide bonds. The third-order valence-electron chi connectivity index (χ3n) is 10.5. The fourth-order valence-corrected chi connectivity index (χ4v) is 8.81. The highest BCUT2D eigenvalue weighted by molar-refractivity contribution is 7.99. The first-order valence-corrected chi connectivity index (χ1v) is 19.5. The van der Waals surface area contributed by atoms with Gasteiger partial charge in [-0.3, -0.25) is 0 Å². The fraction of sp³-hybridized carbons (Fsp3) is 0. The van der Waals surface area contributed by atoms with Crippen molar-refractivity contribution in [3.05, 3.63) is 218 Å². The van der Waals surface area contributed by atoms with Crippen LogP contribution >= 0.6 is 11.8 Å². The van der Waals surface area contributed by atoms with Gasteiger partial charge in [-0.1, -0.05) is 163 Å². The first kappa shape index (κ1) is 32.8. The summed E-state index contributed by atoms with van der Waals surface area (Å²) < 4.78 is 0. The van der Waals surface area contributed by atoms with Gasteiger partial charge in [0.2, 0.25) is 0 Å². The molecule has 9 aromatic rings. The van der Waals surface area contributed by atoms with E-state index in [-0.39, 0.29) is 0 Å². The molecule has 55 heavy (non-hydrogen) atoms. The van der Waals surface area contributed by atoms with Gasteiger partial charge >= 0.3 is 0 Å². The molecule has 1 aliphatic heterocycles. The second kappa shape index (κ2) is 14.2. The van der Waals surface area contributed by atoms with Gasteiger partial charge in [0.15, 0.2) is 0 Å². The summed E-state index contributed by atoms with van der Waals surface area (Å²) in [5.41, 5.74) is 14.2. The number of fused-ring (bicyclic) bond motifs is 3. The molecule has 0 saturated heterocycles. The van der Waals surface area contributed by atoms with Crippen LogP contribution in [0.15, 0.2) is 228 Å². The van der Waals surface area contributed by atoms with E-state index in [9.17, 15) is 0 Å². The number of benzene rings is 9. The van der Waals surface area contributed by atoms with Crippen molar-refractivity contribution in [2.24, 2.45) is 0 Å². The molecule has 10 rings (SSSR count). The third-order valence-corrected chi connectivity index (χ3v) is 11.6. The highest BCUT2D eigenvalue weighted by Crippen LogP contribution is 2.52. The van der Waals surface area contributed by atoms with Crippen molar-refractivity contribution in [2.75, 3.05) is 9.80 Å². The lowest BCUT2D eigenvalue weighted by molar-refractivity contribution is 1.17. The first-order chi connectivity index (χ1) is 27.3. The molecule has 1 heterocycles. The molecule has 3 heteroatoms. The number of para-hydroxylation sites is 2. The van der Waals surface area contributed by atoms with Gasteiger partial charge in [-0.25, -0.2) is 0 Å². The summed E-state index contributed by atoms with van der Waals surface area (Å²) in [4.78, 5) is 7.26. The summed E-state index contributed by atoms with van der Waals surface area (Å²) in [6.45, 7) is 0. The minimum atomic E-state index is 1.11. The van der Waals surface area contributed by atoms with E-state index in [4.69, 9.17) is 0 Å². The van der Waals surface area contributed by atoms with E-state index in [1.165, 1.54) is 65.3 Å². The Morgan fingerprint density at radius 3 is 1.53 bits per heavy atom. The minimum absolute atomic E-state index is 1.11. The maximum absolute atomic E-state index is 2.38. The van der Waals surface area contributed by atoms with Gasteiger partial charge in [0.25, 0.3) is 0 Å². The minimum Gasteiger partial charge on any atom is -0.310 e. The summed E-state index contributed by atoms with van der Waals surface area (Å²) in [5, 5.41) is 2.43. The van der Waals surface area contributed by atoms with Crippen molar-refractivity contribution in [3.8, 4) is 33.4 Å². The Bertz CT molecular complexity index is 2750. The van der Waals surface area contributed by atoms with Crippen LogP contribution in [0.2, 0.25) is 0 Å². The Morgan fingerprint density at radius 2 is 0.836 bits per heavy atom. The molecule has 0 unspecified atom stereocenters. The molecule has 9 aromatic carbocycles. The summed E-state index contributed by atoms with van der Waals surface area (Å²) in [6, 6.07) is 78.8. The van der Waals surface area contributed by atoms with Crippen LogP contribution in [-0.2, 0) is 0 Å². The SMILES string of the molecule is c1ccc(-c2ccc(-c3ccc(N(c4ccc(-c5ccc6c(c5)Sc5ccccc5N6c5ccccc5)cc4)c4cccc5ccccc45)cc3)cc2)cc1. The van der Waals surface area contributed by atoms with Gasteiger partial charge < -0.3 is 9.80 Å². The number of nitrogens with zero attached hydrogens (tertiary/aromatic N) is 2. The quantitative estimate of drug-likeness (QED) is 0.162. The molecule has 260 valence electrons. The molecule has 2 nitrogen and oxygen atoms in total. The summed E-state index contributed by atoms with van der Waals surface area (Å²) in [5.74, 6) is 0.